The van der Waals surface area contributed by atoms with Gasteiger partial charge in [0.05, 0.1) is 0 Å². The normalized spacial score (nSPS) is 18.9. The molecule has 1 aliphatic heterocycles. The van der Waals surface area contributed by atoms with E-state index in [1.54, 1.807) is 0 Å². The third-order valence-corrected chi connectivity index (χ3v) is 3.68. The molecule has 0 spiro atoms. The van der Waals surface area contributed by atoms with Crippen molar-refractivity contribution in [2.75, 3.05) is 0 Å². The summed E-state index contributed by atoms with van der Waals surface area (Å²) in [7, 11) is 0. The van der Waals surface area contributed by atoms with Gasteiger partial charge in [-0.2, -0.15) is 0 Å². The summed E-state index contributed by atoms with van der Waals surface area (Å²) in [6.07, 6.45) is 3.26. The van der Waals surface area contributed by atoms with Crippen LogP contribution in [-0.2, 0) is 11.2 Å². The maximum Gasteiger partial charge on any atom is 0.224 e. The fourth-order valence-electron chi connectivity index (χ4n) is 2.55. The van der Waals surface area contributed by atoms with Crippen LogP contribution in [0, 0.1) is 0 Å². The van der Waals surface area contributed by atoms with E-state index in [4.69, 9.17) is 11.6 Å². The van der Waals surface area contributed by atoms with Gasteiger partial charge in [0.2, 0.25) is 5.91 Å². The monoisotopic (exact) mass is 233 g/mol. The number of nitrogens with one attached hydrogen (secondary N) is 1. The van der Waals surface area contributed by atoms with Crippen LogP contribution in [0.25, 0.3) is 5.57 Å². The van der Waals surface area contributed by atoms with Gasteiger partial charge < -0.3 is 5.32 Å². The summed E-state index contributed by atoms with van der Waals surface area (Å²) in [5.74, 6) is 0.143. The van der Waals surface area contributed by atoms with Gasteiger partial charge in [-0.15, -0.1) is 0 Å². The van der Waals surface area contributed by atoms with Crippen LogP contribution >= 0.6 is 11.6 Å². The van der Waals surface area contributed by atoms with E-state index in [9.17, 15) is 4.79 Å². The summed E-state index contributed by atoms with van der Waals surface area (Å²) >= 11 is 6.19. The molecule has 82 valence electrons. The second-order valence-electron chi connectivity index (χ2n) is 4.27. The Hall–Kier alpha value is -1.28. The van der Waals surface area contributed by atoms with E-state index >= 15 is 0 Å². The highest BCUT2D eigenvalue weighted by Crippen LogP contribution is 2.37. The first kappa shape index (κ1) is 9.91. The number of allylic oxidation sites excluding steroid dienone is 2. The lowest BCUT2D eigenvalue weighted by atomic mass is 9.84. The summed E-state index contributed by atoms with van der Waals surface area (Å²) in [6.45, 7) is 0. The number of carbonyl (C=O) groups excluding carboxylic acids is 1. The van der Waals surface area contributed by atoms with E-state index in [0.29, 0.717) is 6.42 Å². The van der Waals surface area contributed by atoms with Gasteiger partial charge in [0.1, 0.15) is 0 Å². The summed E-state index contributed by atoms with van der Waals surface area (Å²) in [4.78, 5) is 11.3. The van der Waals surface area contributed by atoms with Crippen molar-refractivity contribution in [3.8, 4) is 0 Å². The van der Waals surface area contributed by atoms with Gasteiger partial charge in [0.25, 0.3) is 0 Å². The highest BCUT2D eigenvalue weighted by molar-refractivity contribution is 6.31. The number of hydrogen-bond donors (Lipinski definition) is 1. The highest BCUT2D eigenvalue weighted by atomic mass is 35.5. The molecule has 2 nitrogen and oxygen atoms in total. The van der Waals surface area contributed by atoms with Crippen LogP contribution in [0.15, 0.2) is 23.9 Å². The zero-order valence-corrected chi connectivity index (χ0v) is 9.60. The molecular formula is C13H12ClNO. The maximum absolute atomic E-state index is 11.3. The zero-order valence-electron chi connectivity index (χ0n) is 8.85. The van der Waals surface area contributed by atoms with Crippen LogP contribution in [-0.4, -0.2) is 5.91 Å². The van der Waals surface area contributed by atoms with Crippen molar-refractivity contribution >= 4 is 23.1 Å². The minimum absolute atomic E-state index is 0.143. The smallest absolute Gasteiger partial charge is 0.224 e. The number of amides is 1. The molecule has 1 aliphatic carbocycles. The molecule has 2 aliphatic rings. The summed E-state index contributed by atoms with van der Waals surface area (Å²) in [6, 6.07) is 6.02. The average Bonchev–Trinajstić information content (AvgIpc) is 2.28. The van der Waals surface area contributed by atoms with Gasteiger partial charge >= 0.3 is 0 Å². The van der Waals surface area contributed by atoms with Crippen LogP contribution in [0.3, 0.4) is 0 Å². The number of hydrogen-bond acceptors (Lipinski definition) is 1. The number of fused-ring (bicyclic) bond motifs is 2. The predicted molar refractivity (Wildman–Crippen MR) is 64.1 cm³/mol. The first-order chi connectivity index (χ1) is 7.75. The molecule has 16 heavy (non-hydrogen) atoms. The molecule has 1 aromatic rings. The van der Waals surface area contributed by atoms with Gasteiger partial charge in [0, 0.05) is 17.1 Å². The molecule has 0 fully saturated rings. The number of halogens is 1. The second-order valence-corrected chi connectivity index (χ2v) is 4.68. The van der Waals surface area contributed by atoms with E-state index in [1.165, 1.54) is 16.7 Å². The van der Waals surface area contributed by atoms with Crippen LogP contribution in [0.4, 0.5) is 0 Å². The number of rotatable bonds is 0. The molecule has 1 aromatic carbocycles. The minimum atomic E-state index is 0.143. The lowest BCUT2D eigenvalue weighted by molar-refractivity contribution is -0.120. The fraction of sp³-hybridized carbons (Fsp3) is 0.308. The Morgan fingerprint density at radius 3 is 2.88 bits per heavy atom. The van der Waals surface area contributed by atoms with Crippen molar-refractivity contribution in [1.29, 1.82) is 0 Å². The Kier molecular flexibility index (Phi) is 2.25. The molecule has 0 unspecified atom stereocenters. The fourth-order valence-corrected chi connectivity index (χ4v) is 2.82. The van der Waals surface area contributed by atoms with E-state index in [1.807, 2.05) is 12.1 Å². The van der Waals surface area contributed by atoms with Crippen molar-refractivity contribution in [3.05, 3.63) is 40.0 Å². The molecule has 3 heteroatoms. The molecule has 0 radical (unpaired) electrons. The van der Waals surface area contributed by atoms with Crippen LogP contribution in [0.1, 0.15) is 30.4 Å². The van der Waals surface area contributed by atoms with E-state index < -0.39 is 0 Å². The van der Waals surface area contributed by atoms with Gasteiger partial charge in [-0.1, -0.05) is 23.7 Å². The third kappa shape index (κ3) is 1.45. The van der Waals surface area contributed by atoms with Gasteiger partial charge in [-0.3, -0.25) is 4.79 Å². The van der Waals surface area contributed by atoms with Crippen LogP contribution in [0.2, 0.25) is 5.02 Å². The average molecular weight is 234 g/mol. The zero-order chi connectivity index (χ0) is 11.1. The second kappa shape index (κ2) is 3.63. The molecule has 0 saturated carbocycles. The van der Waals surface area contributed by atoms with Crippen molar-refractivity contribution in [3.63, 3.8) is 0 Å². The summed E-state index contributed by atoms with van der Waals surface area (Å²) in [5, 5.41) is 3.82. The van der Waals surface area contributed by atoms with Crippen molar-refractivity contribution in [2.45, 2.75) is 25.7 Å². The molecular weight excluding hydrogens is 222 g/mol. The van der Waals surface area contributed by atoms with E-state index in [-0.39, 0.29) is 5.91 Å². The summed E-state index contributed by atoms with van der Waals surface area (Å²) in [5.41, 5.74) is 4.85. The number of benzene rings is 1. The molecule has 0 aromatic heterocycles. The van der Waals surface area contributed by atoms with Gasteiger partial charge in [-0.05, 0) is 42.0 Å². The first-order valence-electron chi connectivity index (χ1n) is 5.55. The maximum atomic E-state index is 11.3. The molecule has 1 N–H and O–H groups in total. The molecule has 0 bridgehead atoms. The molecule has 1 amide bonds. The lowest BCUT2D eigenvalue weighted by Crippen LogP contribution is -2.29. The van der Waals surface area contributed by atoms with Gasteiger partial charge in [0.15, 0.2) is 0 Å². The van der Waals surface area contributed by atoms with Crippen LogP contribution in [0.5, 0.6) is 0 Å². The standard InChI is InChI=1S/C13H12ClNO/c14-11-3-1-2-8-9(11)4-6-12-10(8)5-7-13(16)15-12/h1-3H,4-7H2,(H,15,16). The molecule has 0 atom stereocenters. The Morgan fingerprint density at radius 1 is 1.12 bits per heavy atom. The van der Waals surface area contributed by atoms with E-state index in [0.717, 1.165) is 30.0 Å². The topological polar surface area (TPSA) is 29.1 Å². The van der Waals surface area contributed by atoms with Crippen LogP contribution < -0.4 is 5.32 Å². The Balaban J connectivity index is 2.14. The van der Waals surface area contributed by atoms with Gasteiger partial charge in [-0.25, -0.2) is 0 Å². The van der Waals surface area contributed by atoms with Crippen molar-refractivity contribution < 1.29 is 4.79 Å². The quantitative estimate of drug-likeness (QED) is 0.734. The van der Waals surface area contributed by atoms with Crippen molar-refractivity contribution in [2.24, 2.45) is 0 Å². The lowest BCUT2D eigenvalue weighted by Gasteiger charge is -2.27. The number of carbonyl (C=O) groups is 1. The largest absolute Gasteiger partial charge is 0.329 e. The Labute approximate surface area is 99.3 Å². The molecule has 3 rings (SSSR count). The third-order valence-electron chi connectivity index (χ3n) is 3.33. The van der Waals surface area contributed by atoms with Crippen molar-refractivity contribution in [1.82, 2.24) is 5.32 Å². The summed E-state index contributed by atoms with van der Waals surface area (Å²) < 4.78 is 0. The SMILES string of the molecule is O=C1CCC2=C(CCc3c(Cl)cccc32)N1. The molecule has 1 heterocycles. The highest BCUT2D eigenvalue weighted by Gasteiger charge is 2.25. The molecule has 0 saturated heterocycles. The Morgan fingerprint density at radius 2 is 2.00 bits per heavy atom. The predicted octanol–water partition coefficient (Wildman–Crippen LogP) is 2.91. The Bertz CT molecular complexity index is 505. The first-order valence-corrected chi connectivity index (χ1v) is 5.93. The van der Waals surface area contributed by atoms with E-state index in [2.05, 4.69) is 11.4 Å². The minimum Gasteiger partial charge on any atom is -0.329 e.